The number of amides is 1. The molecule has 6 nitrogen and oxygen atoms in total. The number of carbonyl (C=O) groups is 1. The Labute approximate surface area is 173 Å². The molecule has 29 heavy (non-hydrogen) atoms. The number of benzene rings is 2. The summed E-state index contributed by atoms with van der Waals surface area (Å²) in [7, 11) is 0. The first-order valence-electron chi connectivity index (χ1n) is 9.73. The molecule has 1 atom stereocenters. The van der Waals surface area contributed by atoms with Crippen LogP contribution in [0.1, 0.15) is 25.8 Å². The molecular weight excluding hydrogens is 382 g/mol. The lowest BCUT2D eigenvalue weighted by Crippen LogP contribution is -2.23. The lowest BCUT2D eigenvalue weighted by atomic mass is 10.2. The fourth-order valence-corrected chi connectivity index (χ4v) is 4.06. The summed E-state index contributed by atoms with van der Waals surface area (Å²) in [4.78, 5) is 17.4. The van der Waals surface area contributed by atoms with Gasteiger partial charge in [0.1, 0.15) is 5.52 Å². The molecule has 0 radical (unpaired) electrons. The van der Waals surface area contributed by atoms with Crippen LogP contribution in [0, 0.1) is 6.92 Å². The van der Waals surface area contributed by atoms with E-state index < -0.39 is 0 Å². The molecule has 2 aromatic heterocycles. The largest absolute Gasteiger partial charge is 0.325 e. The van der Waals surface area contributed by atoms with Crippen molar-refractivity contribution in [2.45, 2.75) is 44.1 Å². The summed E-state index contributed by atoms with van der Waals surface area (Å²) in [5.41, 5.74) is 4.58. The molecule has 4 rings (SSSR count). The minimum Gasteiger partial charge on any atom is -0.325 e. The molecule has 1 amide bonds. The van der Waals surface area contributed by atoms with Crippen LogP contribution in [-0.4, -0.2) is 30.9 Å². The molecule has 148 valence electrons. The number of rotatable bonds is 6. The number of hydrogen-bond donors (Lipinski definition) is 1. The van der Waals surface area contributed by atoms with Crippen LogP contribution in [-0.2, 0) is 11.3 Å². The third-order valence-electron chi connectivity index (χ3n) is 4.86. The van der Waals surface area contributed by atoms with Crippen molar-refractivity contribution in [2.24, 2.45) is 0 Å². The number of aromatic nitrogens is 4. The van der Waals surface area contributed by atoms with Crippen molar-refractivity contribution in [1.29, 1.82) is 0 Å². The Morgan fingerprint density at radius 3 is 2.69 bits per heavy atom. The highest BCUT2D eigenvalue weighted by Gasteiger charge is 2.19. The molecule has 7 heteroatoms. The third-order valence-corrected chi connectivity index (χ3v) is 5.81. The Bertz CT molecular complexity index is 1190. The number of nitrogens with one attached hydrogen (secondary N) is 1. The maximum Gasteiger partial charge on any atom is 0.237 e. The fraction of sp³-hybridized carbons (Fsp3) is 0.273. The number of hydrogen-bond acceptors (Lipinski definition) is 5. The number of nitrogens with zero attached hydrogens (tertiary/aromatic N) is 4. The summed E-state index contributed by atoms with van der Waals surface area (Å²) < 4.78 is 2.18. The van der Waals surface area contributed by atoms with Crippen LogP contribution in [0.5, 0.6) is 0 Å². The van der Waals surface area contributed by atoms with Crippen molar-refractivity contribution in [1.82, 2.24) is 19.7 Å². The van der Waals surface area contributed by atoms with Gasteiger partial charge < -0.3 is 9.88 Å². The lowest BCUT2D eigenvalue weighted by Gasteiger charge is -2.12. The molecule has 1 N–H and O–H groups in total. The smallest absolute Gasteiger partial charge is 0.237 e. The van der Waals surface area contributed by atoms with Crippen LogP contribution >= 0.6 is 11.8 Å². The number of carbonyl (C=O) groups excluding carboxylic acids is 1. The van der Waals surface area contributed by atoms with E-state index in [1.54, 1.807) is 0 Å². The number of anilines is 1. The van der Waals surface area contributed by atoms with Crippen molar-refractivity contribution >= 4 is 45.4 Å². The Balaban J connectivity index is 1.61. The van der Waals surface area contributed by atoms with Gasteiger partial charge in [0.15, 0.2) is 5.65 Å². The first-order valence-corrected chi connectivity index (χ1v) is 10.6. The Kier molecular flexibility index (Phi) is 5.49. The molecule has 1 unspecified atom stereocenters. The van der Waals surface area contributed by atoms with Crippen molar-refractivity contribution < 1.29 is 4.79 Å². The molecule has 0 fully saturated rings. The zero-order valence-corrected chi connectivity index (χ0v) is 17.5. The predicted molar refractivity (Wildman–Crippen MR) is 118 cm³/mol. The summed E-state index contributed by atoms with van der Waals surface area (Å²) in [6.45, 7) is 6.83. The first kappa shape index (κ1) is 19.4. The molecule has 4 aromatic rings. The van der Waals surface area contributed by atoms with Crippen molar-refractivity contribution in [2.75, 3.05) is 5.32 Å². The second kappa shape index (κ2) is 8.21. The number of thioether (sulfide) groups is 1. The van der Waals surface area contributed by atoms with Crippen LogP contribution in [0.2, 0.25) is 0 Å². The molecule has 0 saturated heterocycles. The van der Waals surface area contributed by atoms with Crippen molar-refractivity contribution in [3.8, 4) is 0 Å². The van der Waals surface area contributed by atoms with E-state index in [9.17, 15) is 4.79 Å². The highest BCUT2D eigenvalue weighted by atomic mass is 32.2. The molecule has 0 saturated carbocycles. The van der Waals surface area contributed by atoms with Crippen LogP contribution in [0.15, 0.2) is 53.7 Å². The SMILES string of the molecule is CCCn1c2ccccc2c2nnc(SC(C)C(=O)Nc3ccccc3C)nc21. The third kappa shape index (κ3) is 3.82. The predicted octanol–water partition coefficient (Wildman–Crippen LogP) is 4.82. The van der Waals surface area contributed by atoms with E-state index in [1.165, 1.54) is 11.8 Å². The first-order chi connectivity index (χ1) is 14.1. The Morgan fingerprint density at radius 2 is 1.90 bits per heavy atom. The molecule has 0 aliphatic carbocycles. The number of para-hydroxylation sites is 2. The quantitative estimate of drug-likeness (QED) is 0.466. The van der Waals surface area contributed by atoms with Gasteiger partial charge in [-0.05, 0) is 38.0 Å². The van der Waals surface area contributed by atoms with E-state index >= 15 is 0 Å². The lowest BCUT2D eigenvalue weighted by molar-refractivity contribution is -0.115. The topological polar surface area (TPSA) is 72.7 Å². The van der Waals surface area contributed by atoms with Crippen LogP contribution in [0.25, 0.3) is 22.1 Å². The Morgan fingerprint density at radius 1 is 1.14 bits per heavy atom. The molecule has 2 aromatic carbocycles. The van der Waals surface area contributed by atoms with Gasteiger partial charge in [-0.25, -0.2) is 4.98 Å². The van der Waals surface area contributed by atoms with E-state index in [4.69, 9.17) is 4.98 Å². The van der Waals surface area contributed by atoms with Gasteiger partial charge in [-0.1, -0.05) is 55.1 Å². The van der Waals surface area contributed by atoms with Gasteiger partial charge in [0.25, 0.3) is 0 Å². The van der Waals surface area contributed by atoms with E-state index in [2.05, 4.69) is 33.1 Å². The monoisotopic (exact) mass is 405 g/mol. The maximum absolute atomic E-state index is 12.6. The second-order valence-corrected chi connectivity index (χ2v) is 8.31. The second-order valence-electron chi connectivity index (χ2n) is 7.00. The standard InChI is InChI=1S/C22H23N5OS/c1-4-13-27-18-12-8-6-10-16(18)19-20(27)24-22(26-25-19)29-15(3)21(28)23-17-11-7-5-9-14(17)2/h5-12,15H,4,13H2,1-3H3,(H,23,28). The minimum absolute atomic E-state index is 0.0814. The van der Waals surface area contributed by atoms with E-state index in [-0.39, 0.29) is 11.2 Å². The molecule has 2 heterocycles. The van der Waals surface area contributed by atoms with E-state index in [0.29, 0.717) is 5.16 Å². The molecule has 0 bridgehead atoms. The highest BCUT2D eigenvalue weighted by molar-refractivity contribution is 8.00. The fourth-order valence-electron chi connectivity index (χ4n) is 3.35. The molecule has 0 aliphatic heterocycles. The minimum atomic E-state index is -0.349. The molecule has 0 spiro atoms. The normalized spacial score (nSPS) is 12.4. The zero-order valence-electron chi connectivity index (χ0n) is 16.7. The van der Waals surface area contributed by atoms with Crippen LogP contribution < -0.4 is 5.32 Å². The molecule has 0 aliphatic rings. The van der Waals surface area contributed by atoms with Gasteiger partial charge in [0.05, 0.1) is 10.8 Å². The van der Waals surface area contributed by atoms with E-state index in [0.717, 1.165) is 46.3 Å². The summed E-state index contributed by atoms with van der Waals surface area (Å²) in [5, 5.41) is 12.9. The molecular formula is C22H23N5OS. The van der Waals surface area contributed by atoms with E-state index in [1.807, 2.05) is 56.3 Å². The van der Waals surface area contributed by atoms with Crippen molar-refractivity contribution in [3.05, 3.63) is 54.1 Å². The number of aryl methyl sites for hydroxylation is 2. The van der Waals surface area contributed by atoms with Gasteiger partial charge in [-0.2, -0.15) is 0 Å². The summed E-state index contributed by atoms with van der Waals surface area (Å²) >= 11 is 1.32. The summed E-state index contributed by atoms with van der Waals surface area (Å²) in [6.07, 6.45) is 0.996. The zero-order chi connectivity index (χ0) is 20.4. The average molecular weight is 406 g/mol. The van der Waals surface area contributed by atoms with Crippen LogP contribution in [0.3, 0.4) is 0 Å². The summed E-state index contributed by atoms with van der Waals surface area (Å²) in [5.74, 6) is -0.0814. The Hall–Kier alpha value is -2.93. The van der Waals surface area contributed by atoms with Gasteiger partial charge in [0.2, 0.25) is 11.1 Å². The average Bonchev–Trinajstić information content (AvgIpc) is 3.03. The van der Waals surface area contributed by atoms with Gasteiger partial charge in [0, 0.05) is 17.6 Å². The van der Waals surface area contributed by atoms with Crippen LogP contribution in [0.4, 0.5) is 5.69 Å². The van der Waals surface area contributed by atoms with Crippen molar-refractivity contribution in [3.63, 3.8) is 0 Å². The summed E-state index contributed by atoms with van der Waals surface area (Å²) in [6, 6.07) is 15.9. The van der Waals surface area contributed by atoms with Gasteiger partial charge in [-0.15, -0.1) is 10.2 Å². The maximum atomic E-state index is 12.6. The number of fused-ring (bicyclic) bond motifs is 3. The highest BCUT2D eigenvalue weighted by Crippen LogP contribution is 2.28. The van der Waals surface area contributed by atoms with Gasteiger partial charge >= 0.3 is 0 Å². The van der Waals surface area contributed by atoms with Gasteiger partial charge in [-0.3, -0.25) is 4.79 Å².